The summed E-state index contributed by atoms with van der Waals surface area (Å²) in [7, 11) is 0. The molecule has 2 bridgehead atoms. The third-order valence-electron chi connectivity index (χ3n) is 7.55. The Labute approximate surface area is 182 Å². The molecule has 31 heavy (non-hydrogen) atoms. The molecule has 3 unspecified atom stereocenters. The van der Waals surface area contributed by atoms with E-state index < -0.39 is 0 Å². The Kier molecular flexibility index (Phi) is 4.66. The van der Waals surface area contributed by atoms with E-state index >= 15 is 0 Å². The van der Waals surface area contributed by atoms with Crippen LogP contribution in [-0.2, 0) is 4.79 Å². The van der Waals surface area contributed by atoms with Crippen LogP contribution in [0.5, 0.6) is 0 Å². The van der Waals surface area contributed by atoms with Gasteiger partial charge in [-0.25, -0.2) is 4.98 Å². The number of amides is 1. The minimum Gasteiger partial charge on any atom is -0.356 e. The smallest absolute Gasteiger partial charge is 0.236 e. The molecule has 160 valence electrons. The van der Waals surface area contributed by atoms with E-state index in [-0.39, 0.29) is 5.91 Å². The zero-order chi connectivity index (χ0) is 20.8. The largest absolute Gasteiger partial charge is 0.356 e. The maximum absolute atomic E-state index is 12.5. The quantitative estimate of drug-likeness (QED) is 0.644. The molecule has 1 saturated carbocycles. The third-order valence-corrected chi connectivity index (χ3v) is 7.55. The van der Waals surface area contributed by atoms with Gasteiger partial charge in [0.15, 0.2) is 0 Å². The molecule has 1 aliphatic heterocycles. The van der Waals surface area contributed by atoms with Gasteiger partial charge in [-0.1, -0.05) is 24.3 Å². The number of imidazole rings is 1. The van der Waals surface area contributed by atoms with Crippen molar-refractivity contribution in [1.82, 2.24) is 19.7 Å². The van der Waals surface area contributed by atoms with Crippen LogP contribution in [0.3, 0.4) is 0 Å². The predicted octanol–water partition coefficient (Wildman–Crippen LogP) is 3.82. The minimum atomic E-state index is 0.230. The van der Waals surface area contributed by atoms with Gasteiger partial charge in [0.1, 0.15) is 5.82 Å². The van der Waals surface area contributed by atoms with Crippen LogP contribution in [0.25, 0.3) is 16.8 Å². The van der Waals surface area contributed by atoms with Crippen LogP contribution in [0.15, 0.2) is 48.7 Å². The Morgan fingerprint density at radius 2 is 1.94 bits per heavy atom. The fourth-order valence-corrected chi connectivity index (χ4v) is 5.79. The van der Waals surface area contributed by atoms with Crippen LogP contribution < -0.4 is 10.2 Å². The molecule has 1 saturated heterocycles. The lowest BCUT2D eigenvalue weighted by atomic mass is 9.92. The maximum atomic E-state index is 12.5. The Bertz CT molecular complexity index is 1140. The van der Waals surface area contributed by atoms with Crippen molar-refractivity contribution in [2.45, 2.75) is 32.1 Å². The first-order valence-electron chi connectivity index (χ1n) is 11.7. The zero-order valence-corrected chi connectivity index (χ0v) is 17.8. The number of fused-ring (bicyclic) bond motifs is 5. The lowest BCUT2D eigenvalue weighted by Crippen LogP contribution is -2.37. The molecule has 3 atom stereocenters. The first kappa shape index (κ1) is 18.8. The van der Waals surface area contributed by atoms with Crippen molar-refractivity contribution in [1.29, 1.82) is 0 Å². The Morgan fingerprint density at radius 1 is 1.06 bits per heavy atom. The number of allylic oxidation sites excluding steroid dienone is 2. The normalized spacial score (nSPS) is 25.7. The molecular weight excluding hydrogens is 386 g/mol. The molecule has 1 amide bonds. The molecule has 0 spiro atoms. The summed E-state index contributed by atoms with van der Waals surface area (Å²) in [5.74, 6) is 4.55. The van der Waals surface area contributed by atoms with Crippen LogP contribution in [0.1, 0.15) is 32.1 Å². The molecule has 2 fully saturated rings. The van der Waals surface area contributed by atoms with E-state index in [2.05, 4.69) is 45.7 Å². The summed E-state index contributed by atoms with van der Waals surface area (Å²) in [5.41, 5.74) is 2.06. The van der Waals surface area contributed by atoms with Crippen molar-refractivity contribution in [3.05, 3.63) is 48.7 Å². The summed E-state index contributed by atoms with van der Waals surface area (Å²) in [6.45, 7) is 2.74. The average molecular weight is 416 g/mol. The number of carbonyl (C=O) groups excluding carboxylic acids is 1. The summed E-state index contributed by atoms with van der Waals surface area (Å²) < 4.78 is 2.04. The number of piperidine rings is 1. The lowest BCUT2D eigenvalue weighted by molar-refractivity contribution is -0.122. The number of nitrogens with zero attached hydrogens (tertiary/aromatic N) is 4. The van der Waals surface area contributed by atoms with Gasteiger partial charge in [0, 0.05) is 32.3 Å². The predicted molar refractivity (Wildman–Crippen MR) is 122 cm³/mol. The van der Waals surface area contributed by atoms with Crippen molar-refractivity contribution in [2.24, 2.45) is 23.7 Å². The number of benzene rings is 1. The number of carbonyl (C=O) groups is 1. The van der Waals surface area contributed by atoms with Gasteiger partial charge in [-0.15, -0.1) is 0 Å². The number of hydrogen-bond donors (Lipinski definition) is 1. The van der Waals surface area contributed by atoms with Crippen molar-refractivity contribution >= 4 is 28.5 Å². The summed E-state index contributed by atoms with van der Waals surface area (Å²) in [5, 5.41) is 3.22. The second-order valence-electron chi connectivity index (χ2n) is 9.54. The second-order valence-corrected chi connectivity index (χ2v) is 9.54. The lowest BCUT2D eigenvalue weighted by Gasteiger charge is -2.32. The van der Waals surface area contributed by atoms with Crippen LogP contribution >= 0.6 is 0 Å². The molecule has 3 aromatic rings. The number of hydrogen-bond acceptors (Lipinski definition) is 4. The fraction of sp³-hybridized carbons (Fsp3) is 0.480. The topological polar surface area (TPSA) is 62.5 Å². The summed E-state index contributed by atoms with van der Waals surface area (Å²) in [6.07, 6.45) is 12.1. The summed E-state index contributed by atoms with van der Waals surface area (Å²) in [6, 6.07) is 10.2. The highest BCUT2D eigenvalue weighted by Crippen LogP contribution is 2.43. The average Bonchev–Trinajstić information content (AvgIpc) is 3.51. The van der Waals surface area contributed by atoms with Gasteiger partial charge >= 0.3 is 0 Å². The molecule has 1 aromatic carbocycles. The van der Waals surface area contributed by atoms with Gasteiger partial charge in [-0.3, -0.25) is 9.20 Å². The van der Waals surface area contributed by atoms with Gasteiger partial charge in [0.2, 0.25) is 11.7 Å². The summed E-state index contributed by atoms with van der Waals surface area (Å²) in [4.78, 5) is 24.3. The van der Waals surface area contributed by atoms with Crippen molar-refractivity contribution in [2.75, 3.05) is 24.5 Å². The number of aromatic nitrogens is 3. The molecule has 2 aliphatic carbocycles. The van der Waals surface area contributed by atoms with E-state index in [9.17, 15) is 4.79 Å². The maximum Gasteiger partial charge on any atom is 0.236 e. The highest BCUT2D eigenvalue weighted by atomic mass is 16.1. The molecule has 2 aromatic heterocycles. The Morgan fingerprint density at radius 3 is 2.74 bits per heavy atom. The standard InChI is InChI=1S/C25H29N5O/c31-24(26-16-20-14-18-5-6-19(20)13-18)15-17-7-10-29(11-8-17)23-9-12-30-22-4-2-1-3-21(22)27-25(30)28-23/h1-6,9,12,17-20H,7-8,10-11,13-16H2,(H,26,31). The van der Waals surface area contributed by atoms with E-state index in [1.165, 1.54) is 12.8 Å². The van der Waals surface area contributed by atoms with Crippen molar-refractivity contribution in [3.63, 3.8) is 0 Å². The molecule has 6 heteroatoms. The van der Waals surface area contributed by atoms with Gasteiger partial charge in [0.25, 0.3) is 0 Å². The first-order chi connectivity index (χ1) is 15.2. The van der Waals surface area contributed by atoms with Gasteiger partial charge in [-0.2, -0.15) is 4.98 Å². The van der Waals surface area contributed by atoms with Gasteiger partial charge in [0.05, 0.1) is 11.0 Å². The molecule has 3 aliphatic rings. The number of anilines is 1. The van der Waals surface area contributed by atoms with Crippen molar-refractivity contribution in [3.8, 4) is 0 Å². The van der Waals surface area contributed by atoms with E-state index in [0.717, 1.165) is 61.0 Å². The van der Waals surface area contributed by atoms with Crippen LogP contribution in [-0.4, -0.2) is 39.9 Å². The zero-order valence-electron chi connectivity index (χ0n) is 17.8. The molecule has 1 N–H and O–H groups in total. The summed E-state index contributed by atoms with van der Waals surface area (Å²) >= 11 is 0. The first-order valence-corrected chi connectivity index (χ1v) is 11.7. The highest BCUT2D eigenvalue weighted by Gasteiger charge is 2.35. The third kappa shape index (κ3) is 3.58. The second kappa shape index (κ2) is 7.66. The van der Waals surface area contributed by atoms with E-state index in [4.69, 9.17) is 4.98 Å². The highest BCUT2D eigenvalue weighted by molar-refractivity contribution is 5.79. The minimum absolute atomic E-state index is 0.230. The number of rotatable bonds is 5. The molecular formula is C25H29N5O. The van der Waals surface area contributed by atoms with Crippen LogP contribution in [0.4, 0.5) is 5.82 Å². The van der Waals surface area contributed by atoms with E-state index in [1.54, 1.807) is 0 Å². The monoisotopic (exact) mass is 415 g/mol. The van der Waals surface area contributed by atoms with E-state index in [1.807, 2.05) is 22.6 Å². The fourth-order valence-electron chi connectivity index (χ4n) is 5.79. The molecule has 6 nitrogen and oxygen atoms in total. The van der Waals surface area contributed by atoms with Gasteiger partial charge in [-0.05, 0) is 67.6 Å². The number of para-hydroxylation sites is 2. The number of nitrogens with one attached hydrogen (secondary N) is 1. The molecule has 6 rings (SSSR count). The van der Waals surface area contributed by atoms with Crippen molar-refractivity contribution < 1.29 is 4.79 Å². The SMILES string of the molecule is O=C(CC1CCN(c2ccn3c(n2)nc2ccccc23)CC1)NCC1CC2C=CC1C2. The van der Waals surface area contributed by atoms with Gasteiger partial charge < -0.3 is 10.2 Å². The van der Waals surface area contributed by atoms with E-state index in [0.29, 0.717) is 24.2 Å². The Balaban J connectivity index is 1.03. The van der Waals surface area contributed by atoms with Crippen LogP contribution in [0.2, 0.25) is 0 Å². The molecule has 3 heterocycles. The van der Waals surface area contributed by atoms with Crippen LogP contribution in [0, 0.1) is 23.7 Å². The molecule has 0 radical (unpaired) electrons. The Hall–Kier alpha value is -2.89.